The van der Waals surface area contributed by atoms with E-state index in [9.17, 15) is 24.1 Å². The van der Waals surface area contributed by atoms with Gasteiger partial charge in [0.2, 0.25) is 5.91 Å². The van der Waals surface area contributed by atoms with Crippen LogP contribution in [-0.2, 0) is 20.6 Å². The molecule has 0 aliphatic heterocycles. The topological polar surface area (TPSA) is 175 Å². The highest BCUT2D eigenvalue weighted by atomic mass is 31.2. The van der Waals surface area contributed by atoms with Crippen molar-refractivity contribution in [1.29, 1.82) is 0 Å². The number of carbonyl (C=O) groups excluding carboxylic acids is 2. The molecule has 0 saturated carbocycles. The van der Waals surface area contributed by atoms with Gasteiger partial charge in [-0.2, -0.15) is 0 Å². The number of benzene rings is 1. The van der Waals surface area contributed by atoms with Crippen LogP contribution in [0.4, 0.5) is 0 Å². The molecule has 2 atom stereocenters. The number of phosphoric acid groups is 1. The molecule has 11 nitrogen and oxygen atoms in total. The second kappa shape index (κ2) is 11.7. The van der Waals surface area contributed by atoms with Crippen LogP contribution in [-0.4, -0.2) is 49.7 Å². The second-order valence-electron chi connectivity index (χ2n) is 8.17. The number of carbonyl (C=O) groups is 3. The van der Waals surface area contributed by atoms with Gasteiger partial charge in [0.1, 0.15) is 17.8 Å². The van der Waals surface area contributed by atoms with Gasteiger partial charge in [0.15, 0.2) is 0 Å². The van der Waals surface area contributed by atoms with E-state index in [1.807, 2.05) is 13.8 Å². The zero-order chi connectivity index (χ0) is 25.5. The maximum absolute atomic E-state index is 13.0. The second-order valence-corrected chi connectivity index (χ2v) is 9.34. The summed E-state index contributed by atoms with van der Waals surface area (Å²) in [4.78, 5) is 59.2. The van der Waals surface area contributed by atoms with Crippen molar-refractivity contribution >= 4 is 25.6 Å². The van der Waals surface area contributed by atoms with Crippen LogP contribution in [0.3, 0.4) is 0 Å². The van der Waals surface area contributed by atoms with Gasteiger partial charge in [-0.15, -0.1) is 0 Å². The number of aryl methyl sites for hydroxylation is 1. The Balaban J connectivity index is 2.24. The van der Waals surface area contributed by atoms with Gasteiger partial charge >= 0.3 is 13.8 Å². The molecule has 1 aromatic carbocycles. The van der Waals surface area contributed by atoms with Crippen molar-refractivity contribution in [2.24, 2.45) is 5.92 Å². The van der Waals surface area contributed by atoms with Gasteiger partial charge in [-0.25, -0.2) is 9.36 Å². The predicted octanol–water partition coefficient (Wildman–Crippen LogP) is 1.82. The van der Waals surface area contributed by atoms with E-state index in [1.165, 1.54) is 30.5 Å². The highest BCUT2D eigenvalue weighted by Gasteiger charge is 2.28. The first-order valence-electron chi connectivity index (χ1n) is 10.4. The zero-order valence-corrected chi connectivity index (χ0v) is 19.9. The van der Waals surface area contributed by atoms with Crippen molar-refractivity contribution in [3.63, 3.8) is 0 Å². The molecule has 2 rings (SSSR count). The van der Waals surface area contributed by atoms with Crippen molar-refractivity contribution in [2.45, 2.75) is 45.7 Å². The Morgan fingerprint density at radius 3 is 2.18 bits per heavy atom. The van der Waals surface area contributed by atoms with E-state index in [-0.39, 0.29) is 30.1 Å². The minimum absolute atomic E-state index is 0.00893. The zero-order valence-electron chi connectivity index (χ0n) is 19.0. The molecule has 5 N–H and O–H groups in total. The number of aromatic nitrogens is 1. The van der Waals surface area contributed by atoms with Crippen LogP contribution in [0.15, 0.2) is 42.6 Å². The van der Waals surface area contributed by atoms with Gasteiger partial charge in [0.05, 0.1) is 5.56 Å². The highest BCUT2D eigenvalue weighted by Crippen LogP contribution is 2.37. The normalized spacial score (nSPS) is 13.1. The fourth-order valence-electron chi connectivity index (χ4n) is 3.08. The summed E-state index contributed by atoms with van der Waals surface area (Å²) < 4.78 is 15.5. The molecular formula is C22H28N3O8P. The molecule has 2 amide bonds. The number of hydrogen-bond acceptors (Lipinski definition) is 6. The molecule has 1 aromatic heterocycles. The summed E-state index contributed by atoms with van der Waals surface area (Å²) >= 11 is 0. The number of aliphatic carboxylic acids is 1. The van der Waals surface area contributed by atoms with Crippen LogP contribution >= 0.6 is 7.82 Å². The first kappa shape index (κ1) is 27.0. The van der Waals surface area contributed by atoms with E-state index in [1.54, 1.807) is 19.1 Å². The Kier molecular flexibility index (Phi) is 9.31. The molecule has 0 radical (unpaired) electrons. The van der Waals surface area contributed by atoms with Crippen molar-refractivity contribution in [3.8, 4) is 5.75 Å². The molecule has 184 valence electrons. The van der Waals surface area contributed by atoms with E-state index in [0.29, 0.717) is 11.3 Å². The Hall–Kier alpha value is -3.27. The Labute approximate surface area is 196 Å². The summed E-state index contributed by atoms with van der Waals surface area (Å²) in [5.74, 6) is -2.50. The number of nitrogens with zero attached hydrogens (tertiary/aromatic N) is 1. The fraction of sp³-hybridized carbons (Fsp3) is 0.364. The maximum Gasteiger partial charge on any atom is 0.524 e. The maximum atomic E-state index is 13.0. The van der Waals surface area contributed by atoms with Gasteiger partial charge in [-0.3, -0.25) is 24.4 Å². The van der Waals surface area contributed by atoms with Crippen molar-refractivity contribution in [3.05, 3.63) is 59.4 Å². The van der Waals surface area contributed by atoms with Crippen LogP contribution in [0.1, 0.15) is 41.9 Å². The number of hydrogen-bond donors (Lipinski definition) is 5. The van der Waals surface area contributed by atoms with Crippen LogP contribution in [0.5, 0.6) is 5.75 Å². The standard InChI is InChI=1S/C22H28N3O8P/c1-13(2)10-19(22(28)29)25-21(27)18(24-20(26)16-7-4-14(3)23-12-16)11-15-5-8-17(9-6-15)33-34(30,31)32/h4-9,12-13,18-19H,10-11H2,1-3H3,(H,24,26)(H,25,27)(H,28,29)(H2,30,31,32). The van der Waals surface area contributed by atoms with Gasteiger partial charge in [0.25, 0.3) is 5.91 Å². The monoisotopic (exact) mass is 493 g/mol. The Morgan fingerprint density at radius 1 is 1.03 bits per heavy atom. The number of amides is 2. The largest absolute Gasteiger partial charge is 0.524 e. The van der Waals surface area contributed by atoms with Crippen molar-refractivity contribution in [1.82, 2.24) is 15.6 Å². The smallest absolute Gasteiger partial charge is 0.480 e. The molecule has 0 bridgehead atoms. The molecule has 2 aromatic rings. The van der Waals surface area contributed by atoms with Crippen LogP contribution in [0.2, 0.25) is 0 Å². The van der Waals surface area contributed by atoms with E-state index in [0.717, 1.165) is 0 Å². The van der Waals surface area contributed by atoms with E-state index >= 15 is 0 Å². The summed E-state index contributed by atoms with van der Waals surface area (Å²) in [5.41, 5.74) is 1.48. The summed E-state index contributed by atoms with van der Waals surface area (Å²) in [7, 11) is -4.72. The molecule has 12 heteroatoms. The molecule has 0 fully saturated rings. The van der Waals surface area contributed by atoms with E-state index in [2.05, 4.69) is 20.1 Å². The number of carboxylic acid groups (broad SMARTS) is 1. The van der Waals surface area contributed by atoms with Crippen molar-refractivity contribution in [2.75, 3.05) is 0 Å². The van der Waals surface area contributed by atoms with Gasteiger partial charge in [-0.05, 0) is 49.1 Å². The third-order valence-corrected chi connectivity index (χ3v) is 5.15. The van der Waals surface area contributed by atoms with Gasteiger partial charge in [-0.1, -0.05) is 26.0 Å². The molecule has 1 heterocycles. The molecule has 0 saturated heterocycles. The van der Waals surface area contributed by atoms with E-state index < -0.39 is 37.7 Å². The molecule has 0 aliphatic carbocycles. The Bertz CT molecular complexity index is 1050. The summed E-state index contributed by atoms with van der Waals surface area (Å²) in [6.07, 6.45) is 1.56. The first-order valence-corrected chi connectivity index (χ1v) is 12.0. The van der Waals surface area contributed by atoms with Crippen LogP contribution in [0.25, 0.3) is 0 Å². The third-order valence-electron chi connectivity index (χ3n) is 4.70. The van der Waals surface area contributed by atoms with Gasteiger partial charge < -0.3 is 20.3 Å². The lowest BCUT2D eigenvalue weighted by molar-refractivity contribution is -0.142. The lowest BCUT2D eigenvalue weighted by Gasteiger charge is -2.22. The lowest BCUT2D eigenvalue weighted by atomic mass is 10.0. The molecule has 2 unspecified atom stereocenters. The number of phosphoric ester groups is 1. The quantitative estimate of drug-likeness (QED) is 0.292. The minimum atomic E-state index is -4.72. The minimum Gasteiger partial charge on any atom is -0.480 e. The number of pyridine rings is 1. The van der Waals surface area contributed by atoms with Gasteiger partial charge in [0, 0.05) is 18.3 Å². The Morgan fingerprint density at radius 2 is 1.68 bits per heavy atom. The fourth-order valence-corrected chi connectivity index (χ4v) is 3.47. The molecular weight excluding hydrogens is 465 g/mol. The molecule has 0 aliphatic rings. The number of rotatable bonds is 11. The molecule has 34 heavy (non-hydrogen) atoms. The average Bonchev–Trinajstić information content (AvgIpc) is 2.73. The SMILES string of the molecule is Cc1ccc(C(=O)NC(Cc2ccc(OP(=O)(O)O)cc2)C(=O)NC(CC(C)C)C(=O)O)cn1. The highest BCUT2D eigenvalue weighted by molar-refractivity contribution is 7.46. The summed E-state index contributed by atoms with van der Waals surface area (Å²) in [6, 6.07) is 6.53. The van der Waals surface area contributed by atoms with E-state index in [4.69, 9.17) is 9.79 Å². The molecule has 0 spiro atoms. The number of carboxylic acids is 1. The van der Waals surface area contributed by atoms with Crippen LogP contribution < -0.4 is 15.2 Å². The third kappa shape index (κ3) is 8.93. The summed E-state index contributed by atoms with van der Waals surface area (Å²) in [5, 5.41) is 14.6. The summed E-state index contributed by atoms with van der Waals surface area (Å²) in [6.45, 7) is 5.42. The average molecular weight is 493 g/mol. The first-order chi connectivity index (χ1) is 15.8. The van der Waals surface area contributed by atoms with Crippen LogP contribution in [0, 0.1) is 12.8 Å². The predicted molar refractivity (Wildman–Crippen MR) is 122 cm³/mol. The van der Waals surface area contributed by atoms with Crippen molar-refractivity contribution < 1.29 is 38.4 Å². The number of nitrogens with one attached hydrogen (secondary N) is 2. The lowest BCUT2D eigenvalue weighted by Crippen LogP contribution is -2.52.